The molecule has 0 heterocycles. The van der Waals surface area contributed by atoms with Gasteiger partial charge in [-0.25, -0.2) is 0 Å². The van der Waals surface area contributed by atoms with Gasteiger partial charge in [-0.3, -0.25) is 0 Å². The summed E-state index contributed by atoms with van der Waals surface area (Å²) in [5.74, 6) is 3.37. The summed E-state index contributed by atoms with van der Waals surface area (Å²) in [5, 5.41) is 10.5. The lowest BCUT2D eigenvalue weighted by Gasteiger charge is -2.24. The van der Waals surface area contributed by atoms with Crippen LogP contribution in [0.5, 0.6) is 0 Å². The highest BCUT2D eigenvalue weighted by Crippen LogP contribution is 2.21. The van der Waals surface area contributed by atoms with Crippen LogP contribution in [-0.2, 0) is 6.42 Å². The van der Waals surface area contributed by atoms with Crippen molar-refractivity contribution in [2.45, 2.75) is 32.3 Å². The Hall–Kier alpha value is -0.530. The van der Waals surface area contributed by atoms with E-state index in [4.69, 9.17) is 0 Å². The molecule has 1 rings (SSSR count). The molecule has 1 unspecified atom stereocenters. The molecule has 0 aliphatic carbocycles. The second-order valence-corrected chi connectivity index (χ2v) is 5.05. The van der Waals surface area contributed by atoms with Crippen LogP contribution in [0, 0.1) is 15.8 Å². The van der Waals surface area contributed by atoms with Crippen molar-refractivity contribution in [1.29, 1.82) is 0 Å². The molecule has 0 aliphatic heterocycles. The van der Waals surface area contributed by atoms with Crippen LogP contribution < -0.4 is 0 Å². The molecule has 16 heavy (non-hydrogen) atoms. The molecule has 0 radical (unpaired) electrons. The molecule has 0 aromatic heterocycles. The average molecular weight is 328 g/mol. The number of halogens is 1. The third-order valence-corrected chi connectivity index (χ3v) is 2.63. The van der Waals surface area contributed by atoms with Crippen LogP contribution in [-0.4, -0.2) is 10.7 Å². The number of hydrogen-bond acceptors (Lipinski definition) is 1. The van der Waals surface area contributed by atoms with Crippen molar-refractivity contribution in [2.24, 2.45) is 5.92 Å². The number of aliphatic hydroxyl groups is 1. The van der Waals surface area contributed by atoms with E-state index in [1.54, 1.807) is 0 Å². The summed E-state index contributed by atoms with van der Waals surface area (Å²) in [6.45, 7) is 4.20. The van der Waals surface area contributed by atoms with Gasteiger partial charge in [0.15, 0.2) is 0 Å². The second kappa shape index (κ2) is 6.27. The van der Waals surface area contributed by atoms with Crippen LogP contribution >= 0.6 is 22.6 Å². The first-order valence-corrected chi connectivity index (χ1v) is 6.53. The zero-order valence-electron chi connectivity index (χ0n) is 9.70. The Balaban J connectivity index is 2.82. The van der Waals surface area contributed by atoms with Gasteiger partial charge in [0.2, 0.25) is 0 Å². The molecule has 1 atom stereocenters. The molecule has 2 heteroatoms. The Bertz CT molecular complexity index is 375. The van der Waals surface area contributed by atoms with E-state index in [0.29, 0.717) is 18.8 Å². The minimum absolute atomic E-state index is 0.436. The van der Waals surface area contributed by atoms with Gasteiger partial charge in [0, 0.05) is 29.0 Å². The summed E-state index contributed by atoms with van der Waals surface area (Å²) in [6.07, 6.45) is 1.31. The summed E-state index contributed by atoms with van der Waals surface area (Å²) in [5.41, 5.74) is 0.237. The predicted molar refractivity (Wildman–Crippen MR) is 76.3 cm³/mol. The minimum atomic E-state index is -0.892. The molecule has 0 fully saturated rings. The lowest BCUT2D eigenvalue weighted by atomic mass is 9.87. The van der Waals surface area contributed by atoms with Gasteiger partial charge in [-0.15, -0.1) is 0 Å². The molecule has 0 saturated carbocycles. The monoisotopic (exact) mass is 328 g/mol. The maximum Gasteiger partial charge on any atom is 0.130 e. The van der Waals surface area contributed by atoms with Gasteiger partial charge in [0.05, 0.1) is 0 Å². The van der Waals surface area contributed by atoms with Crippen molar-refractivity contribution in [3.05, 3.63) is 35.9 Å². The van der Waals surface area contributed by atoms with Crippen molar-refractivity contribution >= 4 is 22.6 Å². The smallest absolute Gasteiger partial charge is 0.130 e. The third-order valence-electron chi connectivity index (χ3n) is 2.37. The van der Waals surface area contributed by atoms with Crippen LogP contribution in [0.3, 0.4) is 0 Å². The standard InChI is InChI=1S/C14H17IO/c1-12(2)10-14(16,8-9-15)11-13-6-4-3-5-7-13/h3-7,12,16H,10-11H2,1-2H3. The van der Waals surface area contributed by atoms with Crippen molar-refractivity contribution in [3.8, 4) is 9.85 Å². The predicted octanol–water partition coefficient (Wildman–Crippen LogP) is 3.40. The van der Waals surface area contributed by atoms with E-state index in [1.807, 2.05) is 52.9 Å². The van der Waals surface area contributed by atoms with Gasteiger partial charge in [-0.05, 0) is 21.8 Å². The van der Waals surface area contributed by atoms with Crippen molar-refractivity contribution in [1.82, 2.24) is 0 Å². The van der Waals surface area contributed by atoms with Gasteiger partial charge >= 0.3 is 0 Å². The van der Waals surface area contributed by atoms with Gasteiger partial charge in [-0.2, -0.15) is 0 Å². The molecular formula is C14H17IO. The fourth-order valence-corrected chi connectivity index (χ4v) is 2.37. The fraction of sp³-hybridized carbons (Fsp3) is 0.429. The highest BCUT2D eigenvalue weighted by Gasteiger charge is 2.25. The molecule has 0 amide bonds. The highest BCUT2D eigenvalue weighted by molar-refractivity contribution is 14.1. The lowest BCUT2D eigenvalue weighted by Crippen LogP contribution is -2.31. The van der Waals surface area contributed by atoms with Crippen LogP contribution in [0.2, 0.25) is 0 Å². The second-order valence-electron chi connectivity index (χ2n) is 4.51. The van der Waals surface area contributed by atoms with Crippen LogP contribution in [0.15, 0.2) is 30.3 Å². The normalized spacial score (nSPS) is 14.1. The van der Waals surface area contributed by atoms with Gasteiger partial charge in [0.25, 0.3) is 0 Å². The molecule has 0 aliphatic rings. The average Bonchev–Trinajstić information content (AvgIpc) is 2.17. The highest BCUT2D eigenvalue weighted by atomic mass is 127. The number of hydrogen-bond donors (Lipinski definition) is 1. The Kier molecular flexibility index (Phi) is 5.30. The zero-order chi connectivity index (χ0) is 12.0. The molecule has 0 saturated heterocycles. The molecule has 1 N–H and O–H groups in total. The Labute approximate surface area is 111 Å². The molecule has 86 valence electrons. The molecule has 1 aromatic carbocycles. The Morgan fingerprint density at radius 2 is 1.94 bits per heavy atom. The lowest BCUT2D eigenvalue weighted by molar-refractivity contribution is 0.0785. The number of benzene rings is 1. The maximum atomic E-state index is 10.5. The Morgan fingerprint density at radius 1 is 1.31 bits per heavy atom. The van der Waals surface area contributed by atoms with Gasteiger partial charge < -0.3 is 5.11 Å². The quantitative estimate of drug-likeness (QED) is 0.663. The summed E-state index contributed by atoms with van der Waals surface area (Å²) in [6, 6.07) is 10.0. The first-order valence-electron chi connectivity index (χ1n) is 5.45. The van der Waals surface area contributed by atoms with Crippen LogP contribution in [0.25, 0.3) is 0 Å². The summed E-state index contributed by atoms with van der Waals surface area (Å²) >= 11 is 1.98. The van der Waals surface area contributed by atoms with E-state index in [2.05, 4.69) is 23.7 Å². The summed E-state index contributed by atoms with van der Waals surface area (Å²) in [4.78, 5) is 0. The van der Waals surface area contributed by atoms with Crippen molar-refractivity contribution in [2.75, 3.05) is 0 Å². The maximum absolute atomic E-state index is 10.5. The summed E-state index contributed by atoms with van der Waals surface area (Å²) in [7, 11) is 0. The Morgan fingerprint density at radius 3 is 2.44 bits per heavy atom. The number of rotatable bonds is 4. The molecule has 0 spiro atoms. The van der Waals surface area contributed by atoms with Crippen LogP contribution in [0.4, 0.5) is 0 Å². The van der Waals surface area contributed by atoms with Gasteiger partial charge in [-0.1, -0.05) is 50.1 Å². The first kappa shape index (κ1) is 13.5. The largest absolute Gasteiger partial charge is 0.377 e. The fourth-order valence-electron chi connectivity index (χ4n) is 1.86. The van der Waals surface area contributed by atoms with E-state index in [1.165, 1.54) is 0 Å². The zero-order valence-corrected chi connectivity index (χ0v) is 11.9. The van der Waals surface area contributed by atoms with Gasteiger partial charge in [0.1, 0.15) is 5.60 Å². The van der Waals surface area contributed by atoms with E-state index in [-0.39, 0.29) is 0 Å². The van der Waals surface area contributed by atoms with Crippen LogP contribution in [0.1, 0.15) is 25.8 Å². The van der Waals surface area contributed by atoms with E-state index in [9.17, 15) is 5.11 Å². The molecular weight excluding hydrogens is 311 g/mol. The molecule has 1 aromatic rings. The SMILES string of the molecule is CC(C)CC(O)(C#CI)Cc1ccccc1. The van der Waals surface area contributed by atoms with Crippen molar-refractivity contribution < 1.29 is 5.11 Å². The molecule has 0 bridgehead atoms. The van der Waals surface area contributed by atoms with E-state index in [0.717, 1.165) is 5.56 Å². The van der Waals surface area contributed by atoms with E-state index < -0.39 is 5.60 Å². The first-order chi connectivity index (χ1) is 7.56. The summed E-state index contributed by atoms with van der Waals surface area (Å²) < 4.78 is 2.80. The third kappa shape index (κ3) is 4.54. The molecule has 1 nitrogen and oxygen atoms in total. The minimum Gasteiger partial charge on any atom is -0.377 e. The van der Waals surface area contributed by atoms with E-state index >= 15 is 0 Å². The topological polar surface area (TPSA) is 20.2 Å². The van der Waals surface area contributed by atoms with Crippen molar-refractivity contribution in [3.63, 3.8) is 0 Å².